The van der Waals surface area contributed by atoms with Crippen molar-refractivity contribution in [1.82, 2.24) is 14.9 Å². The lowest BCUT2D eigenvalue weighted by Crippen LogP contribution is -2.43. The number of ether oxygens (including phenoxy) is 2. The second kappa shape index (κ2) is 6.22. The molecule has 0 spiro atoms. The Balaban J connectivity index is 1.51. The number of fused-ring (bicyclic) bond motifs is 4. The van der Waals surface area contributed by atoms with Crippen molar-refractivity contribution < 1.29 is 18.3 Å². The molecule has 2 atom stereocenters. The topological polar surface area (TPSA) is 67.5 Å². The van der Waals surface area contributed by atoms with Gasteiger partial charge >= 0.3 is 0 Å². The van der Waals surface area contributed by atoms with Crippen molar-refractivity contribution >= 4 is 26.8 Å². The Morgan fingerprint density at radius 3 is 3.07 bits per heavy atom. The third-order valence-electron chi connectivity index (χ3n) is 5.96. The zero-order valence-corrected chi connectivity index (χ0v) is 16.1. The summed E-state index contributed by atoms with van der Waals surface area (Å²) in [5.74, 6) is -0.601. The minimum atomic E-state index is -0.867. The molecule has 1 aromatic carbocycles. The van der Waals surface area contributed by atoms with E-state index < -0.39 is 17.5 Å². The van der Waals surface area contributed by atoms with Crippen molar-refractivity contribution in [3.63, 3.8) is 0 Å². The number of aromatic amines is 1. The summed E-state index contributed by atoms with van der Waals surface area (Å²) in [6.07, 6.45) is 1.38. The fourth-order valence-electron chi connectivity index (χ4n) is 4.70. The Labute approximate surface area is 162 Å². The van der Waals surface area contributed by atoms with Gasteiger partial charge in [-0.15, -0.1) is 0 Å². The van der Waals surface area contributed by atoms with Gasteiger partial charge in [-0.05, 0) is 40.9 Å². The van der Waals surface area contributed by atoms with Gasteiger partial charge in [0.25, 0.3) is 11.6 Å². The lowest BCUT2D eigenvalue weighted by atomic mass is 9.95. The summed E-state index contributed by atoms with van der Waals surface area (Å²) in [5.41, 5.74) is 0.424. The van der Waals surface area contributed by atoms with E-state index in [-0.39, 0.29) is 46.7 Å². The van der Waals surface area contributed by atoms with Gasteiger partial charge in [0.15, 0.2) is 5.82 Å². The van der Waals surface area contributed by atoms with Crippen LogP contribution in [0.5, 0.6) is 6.01 Å². The number of H-pyrrole nitrogens is 1. The molecular weight excluding hydrogens is 424 g/mol. The first-order chi connectivity index (χ1) is 13.0. The molecule has 3 aliphatic rings. The number of hydrogen-bond acceptors (Lipinski definition) is 5. The van der Waals surface area contributed by atoms with Crippen molar-refractivity contribution in [1.29, 1.82) is 0 Å². The minimum absolute atomic E-state index is 0.0410. The zero-order valence-electron chi connectivity index (χ0n) is 14.5. The number of alkyl halides is 1. The number of halogens is 3. The van der Waals surface area contributed by atoms with Crippen LogP contribution in [-0.4, -0.2) is 46.3 Å². The van der Waals surface area contributed by atoms with Gasteiger partial charge in [0.05, 0.1) is 28.6 Å². The molecule has 1 N–H and O–H groups in total. The van der Waals surface area contributed by atoms with Crippen LogP contribution < -0.4 is 10.3 Å². The fourth-order valence-corrected chi connectivity index (χ4v) is 5.24. The molecule has 0 bridgehead atoms. The standard InChI is InChI=1S/C18H18BrF2N3O3/c19-13-11-7-26-6-10(11)12-15(14(13)21)22-17(23-16(12)25)27-8-18-2-1-3-24(18)5-9(20)4-18/h9H,1-8H2,(H,22,23,25)/t9-,18-/m1/s1. The van der Waals surface area contributed by atoms with Crippen LogP contribution >= 0.6 is 15.9 Å². The first kappa shape index (κ1) is 17.5. The van der Waals surface area contributed by atoms with Gasteiger partial charge in [0.2, 0.25) is 0 Å². The van der Waals surface area contributed by atoms with Gasteiger partial charge in [-0.25, -0.2) is 8.78 Å². The van der Waals surface area contributed by atoms with Gasteiger partial charge < -0.3 is 9.47 Å². The summed E-state index contributed by atoms with van der Waals surface area (Å²) in [4.78, 5) is 21.5. The molecule has 1 aromatic heterocycles. The maximum atomic E-state index is 14.8. The highest BCUT2D eigenvalue weighted by atomic mass is 79.9. The van der Waals surface area contributed by atoms with Gasteiger partial charge in [0, 0.05) is 18.5 Å². The van der Waals surface area contributed by atoms with Crippen LogP contribution in [0.3, 0.4) is 0 Å². The van der Waals surface area contributed by atoms with Crippen molar-refractivity contribution in [2.24, 2.45) is 0 Å². The third-order valence-corrected chi connectivity index (χ3v) is 6.79. The van der Waals surface area contributed by atoms with Crippen molar-refractivity contribution in [2.75, 3.05) is 19.7 Å². The molecule has 2 saturated heterocycles. The third kappa shape index (κ3) is 2.62. The van der Waals surface area contributed by atoms with E-state index in [9.17, 15) is 13.6 Å². The minimum Gasteiger partial charge on any atom is -0.463 e. The predicted molar refractivity (Wildman–Crippen MR) is 97.1 cm³/mol. The fraction of sp³-hybridized carbons (Fsp3) is 0.556. The molecule has 6 nitrogen and oxygen atoms in total. The Morgan fingerprint density at radius 1 is 1.41 bits per heavy atom. The number of nitrogens with one attached hydrogen (secondary N) is 1. The molecule has 5 rings (SSSR count). The molecule has 3 aliphatic heterocycles. The first-order valence-corrected chi connectivity index (χ1v) is 9.80. The number of hydrogen-bond donors (Lipinski definition) is 1. The molecule has 27 heavy (non-hydrogen) atoms. The van der Waals surface area contributed by atoms with Crippen molar-refractivity contribution in [3.05, 3.63) is 31.8 Å². The van der Waals surface area contributed by atoms with E-state index in [1.807, 2.05) is 0 Å². The zero-order chi connectivity index (χ0) is 18.8. The lowest BCUT2D eigenvalue weighted by molar-refractivity contribution is 0.107. The smallest absolute Gasteiger partial charge is 0.297 e. The van der Waals surface area contributed by atoms with Crippen molar-refractivity contribution in [3.8, 4) is 6.01 Å². The number of rotatable bonds is 3. The quantitative estimate of drug-likeness (QED) is 0.792. The molecule has 144 valence electrons. The van der Waals surface area contributed by atoms with Gasteiger partial charge in [0.1, 0.15) is 18.3 Å². The first-order valence-electron chi connectivity index (χ1n) is 9.01. The molecule has 0 radical (unpaired) electrons. The molecule has 0 unspecified atom stereocenters. The Morgan fingerprint density at radius 2 is 2.22 bits per heavy atom. The highest BCUT2D eigenvalue weighted by molar-refractivity contribution is 9.10. The van der Waals surface area contributed by atoms with E-state index in [1.54, 1.807) is 0 Å². The largest absolute Gasteiger partial charge is 0.463 e. The van der Waals surface area contributed by atoms with Crippen LogP contribution in [0.4, 0.5) is 8.78 Å². The molecule has 9 heteroatoms. The summed E-state index contributed by atoms with van der Waals surface area (Å²) in [7, 11) is 0. The lowest BCUT2D eigenvalue weighted by Gasteiger charge is -2.30. The summed E-state index contributed by atoms with van der Waals surface area (Å²) in [5, 5.41) is 0.195. The average molecular weight is 442 g/mol. The molecule has 0 amide bonds. The Bertz CT molecular complexity index is 998. The maximum Gasteiger partial charge on any atom is 0.297 e. The number of nitrogens with zero attached hydrogens (tertiary/aromatic N) is 2. The van der Waals surface area contributed by atoms with Gasteiger partial charge in [-0.2, -0.15) is 4.98 Å². The predicted octanol–water partition coefficient (Wildman–Crippen LogP) is 2.81. The monoisotopic (exact) mass is 441 g/mol. The average Bonchev–Trinajstić information content (AvgIpc) is 3.31. The summed E-state index contributed by atoms with van der Waals surface area (Å²) in [6, 6.07) is -0.0410. The normalized spacial score (nSPS) is 27.3. The van der Waals surface area contributed by atoms with Gasteiger partial charge in [-0.1, -0.05) is 0 Å². The van der Waals surface area contributed by atoms with Gasteiger partial charge in [-0.3, -0.25) is 14.7 Å². The Hall–Kier alpha value is -1.58. The van der Waals surface area contributed by atoms with E-state index in [0.29, 0.717) is 24.1 Å². The van der Waals surface area contributed by atoms with E-state index >= 15 is 0 Å². The van der Waals surface area contributed by atoms with Crippen LogP contribution in [0, 0.1) is 5.82 Å². The van der Waals surface area contributed by atoms with Crippen molar-refractivity contribution in [2.45, 2.75) is 44.2 Å². The molecule has 0 aliphatic carbocycles. The maximum absolute atomic E-state index is 14.8. The van der Waals surface area contributed by atoms with E-state index in [4.69, 9.17) is 9.47 Å². The molecule has 2 fully saturated rings. The summed E-state index contributed by atoms with van der Waals surface area (Å²) >= 11 is 3.24. The number of benzene rings is 1. The number of aromatic nitrogens is 2. The molecule has 0 saturated carbocycles. The second-order valence-corrected chi connectivity index (χ2v) is 8.33. The van der Waals surface area contributed by atoms with Crippen LogP contribution in [0.25, 0.3) is 10.9 Å². The highest BCUT2D eigenvalue weighted by Gasteiger charge is 2.49. The summed E-state index contributed by atoms with van der Waals surface area (Å²) in [6.45, 7) is 1.98. The molecule has 4 heterocycles. The van der Waals surface area contributed by atoms with Crippen LogP contribution in [0.15, 0.2) is 9.27 Å². The summed E-state index contributed by atoms with van der Waals surface area (Å²) < 4.78 is 40.1. The highest BCUT2D eigenvalue weighted by Crippen LogP contribution is 2.40. The van der Waals surface area contributed by atoms with Crippen LogP contribution in [0.2, 0.25) is 0 Å². The molecular formula is C18H18BrF2N3O3. The van der Waals surface area contributed by atoms with E-state index in [0.717, 1.165) is 19.4 Å². The second-order valence-electron chi connectivity index (χ2n) is 7.54. The molecule has 2 aromatic rings. The van der Waals surface area contributed by atoms with E-state index in [2.05, 4.69) is 30.8 Å². The van der Waals surface area contributed by atoms with E-state index in [1.165, 1.54) is 0 Å². The SMILES string of the molecule is O=c1[nH]c(OC[C@]23CCCN2C[C@H](F)C3)nc2c(F)c(Br)c3c(c12)COC3. The van der Waals surface area contributed by atoms with Crippen LogP contribution in [0.1, 0.15) is 30.4 Å². The van der Waals surface area contributed by atoms with Crippen LogP contribution in [-0.2, 0) is 18.0 Å². The Kier molecular flexibility index (Phi) is 4.03.